The number of primary amides is 1. The average Bonchev–Trinajstić information content (AvgIpc) is 2.99. The van der Waals surface area contributed by atoms with Crippen molar-refractivity contribution in [1.82, 2.24) is 10.2 Å². The SMILES string of the molecule is COc1ccc([C@H]2CCCN2CCC(=O)NC(N)=O)c(OC)c1. The van der Waals surface area contributed by atoms with Crippen LogP contribution >= 0.6 is 0 Å². The molecule has 3 amide bonds. The van der Waals surface area contributed by atoms with E-state index in [9.17, 15) is 9.59 Å². The maximum absolute atomic E-state index is 11.6. The van der Waals surface area contributed by atoms with Crippen LogP contribution in [0, 0.1) is 0 Å². The number of carbonyl (C=O) groups is 2. The lowest BCUT2D eigenvalue weighted by Crippen LogP contribution is -2.37. The number of likely N-dealkylation sites (tertiary alicyclic amines) is 1. The lowest BCUT2D eigenvalue weighted by Gasteiger charge is -2.26. The molecule has 1 aromatic rings. The molecule has 0 unspecified atom stereocenters. The van der Waals surface area contributed by atoms with Gasteiger partial charge in [0, 0.05) is 30.6 Å². The van der Waals surface area contributed by atoms with Crippen LogP contribution in [0.1, 0.15) is 30.9 Å². The first kappa shape index (κ1) is 17.1. The van der Waals surface area contributed by atoms with Crippen molar-refractivity contribution in [2.75, 3.05) is 27.3 Å². The minimum Gasteiger partial charge on any atom is -0.497 e. The molecule has 0 aliphatic carbocycles. The average molecular weight is 321 g/mol. The Balaban J connectivity index is 2.06. The lowest BCUT2D eigenvalue weighted by atomic mass is 10.0. The summed E-state index contributed by atoms with van der Waals surface area (Å²) in [5, 5.41) is 2.09. The van der Waals surface area contributed by atoms with Crippen molar-refractivity contribution in [2.24, 2.45) is 5.73 Å². The number of urea groups is 1. The molecule has 0 bridgehead atoms. The molecule has 1 aromatic carbocycles. The number of ether oxygens (including phenoxy) is 2. The van der Waals surface area contributed by atoms with Gasteiger partial charge < -0.3 is 15.2 Å². The van der Waals surface area contributed by atoms with E-state index in [1.54, 1.807) is 14.2 Å². The van der Waals surface area contributed by atoms with Crippen LogP contribution in [0.2, 0.25) is 0 Å². The monoisotopic (exact) mass is 321 g/mol. The summed E-state index contributed by atoms with van der Waals surface area (Å²) in [7, 11) is 3.26. The van der Waals surface area contributed by atoms with Crippen LogP contribution in [0.3, 0.4) is 0 Å². The Morgan fingerprint density at radius 1 is 1.35 bits per heavy atom. The summed E-state index contributed by atoms with van der Waals surface area (Å²) in [6, 6.07) is 5.16. The van der Waals surface area contributed by atoms with Crippen LogP contribution in [-0.2, 0) is 4.79 Å². The van der Waals surface area contributed by atoms with Crippen molar-refractivity contribution >= 4 is 11.9 Å². The first-order valence-electron chi connectivity index (χ1n) is 7.60. The van der Waals surface area contributed by atoms with Gasteiger partial charge in [0.2, 0.25) is 5.91 Å². The van der Waals surface area contributed by atoms with Gasteiger partial charge in [0.1, 0.15) is 11.5 Å². The third kappa shape index (κ3) is 4.35. The number of carbonyl (C=O) groups excluding carboxylic acids is 2. The molecule has 1 aliphatic heterocycles. The lowest BCUT2D eigenvalue weighted by molar-refractivity contribution is -0.120. The Kier molecular flexibility index (Phi) is 5.81. The van der Waals surface area contributed by atoms with Gasteiger partial charge in [0.05, 0.1) is 14.2 Å². The Hall–Kier alpha value is -2.28. The standard InChI is InChI=1S/C16H23N3O4/c1-22-11-5-6-12(14(10-11)23-2)13-4-3-8-19(13)9-7-15(20)18-16(17)21/h5-6,10,13H,3-4,7-9H2,1-2H3,(H3,17,18,20,21)/t13-/m1/s1. The molecular formula is C16H23N3O4. The van der Waals surface area contributed by atoms with E-state index in [1.165, 1.54) is 0 Å². The molecule has 7 nitrogen and oxygen atoms in total. The number of methoxy groups -OCH3 is 2. The first-order chi connectivity index (χ1) is 11.0. The van der Waals surface area contributed by atoms with Crippen LogP contribution in [0.4, 0.5) is 4.79 Å². The molecule has 1 saturated heterocycles. The van der Waals surface area contributed by atoms with Crippen LogP contribution in [0.25, 0.3) is 0 Å². The van der Waals surface area contributed by atoms with Crippen molar-refractivity contribution < 1.29 is 19.1 Å². The number of hydrogen-bond acceptors (Lipinski definition) is 5. The second kappa shape index (κ2) is 7.82. The van der Waals surface area contributed by atoms with Gasteiger partial charge in [-0.15, -0.1) is 0 Å². The Morgan fingerprint density at radius 2 is 2.13 bits per heavy atom. The van der Waals surface area contributed by atoms with Gasteiger partial charge in [-0.25, -0.2) is 4.79 Å². The van der Waals surface area contributed by atoms with Gasteiger partial charge in [0.25, 0.3) is 0 Å². The van der Waals surface area contributed by atoms with Gasteiger partial charge in [-0.1, -0.05) is 6.07 Å². The molecule has 0 spiro atoms. The van der Waals surface area contributed by atoms with Crippen LogP contribution in [-0.4, -0.2) is 44.1 Å². The maximum atomic E-state index is 11.6. The predicted octanol–water partition coefficient (Wildman–Crippen LogP) is 1.43. The molecule has 2 rings (SSSR count). The molecule has 3 N–H and O–H groups in total. The summed E-state index contributed by atoms with van der Waals surface area (Å²) in [6.07, 6.45) is 2.29. The number of nitrogens with two attached hydrogens (primary N) is 1. The summed E-state index contributed by atoms with van der Waals surface area (Å²) >= 11 is 0. The predicted molar refractivity (Wildman–Crippen MR) is 85.4 cm³/mol. The number of imide groups is 1. The van der Waals surface area contributed by atoms with E-state index in [-0.39, 0.29) is 18.4 Å². The zero-order chi connectivity index (χ0) is 16.8. The van der Waals surface area contributed by atoms with Crippen molar-refractivity contribution in [3.8, 4) is 11.5 Å². The number of hydrogen-bond donors (Lipinski definition) is 2. The topological polar surface area (TPSA) is 93.9 Å². The van der Waals surface area contributed by atoms with E-state index in [1.807, 2.05) is 18.2 Å². The summed E-state index contributed by atoms with van der Waals surface area (Å²) in [5.74, 6) is 1.17. The first-order valence-corrected chi connectivity index (χ1v) is 7.60. The van der Waals surface area contributed by atoms with Crippen LogP contribution in [0.15, 0.2) is 18.2 Å². The largest absolute Gasteiger partial charge is 0.497 e. The highest BCUT2D eigenvalue weighted by atomic mass is 16.5. The van der Waals surface area contributed by atoms with E-state index >= 15 is 0 Å². The summed E-state index contributed by atoms with van der Waals surface area (Å²) < 4.78 is 10.7. The Bertz CT molecular complexity index is 576. The van der Waals surface area contributed by atoms with E-state index < -0.39 is 6.03 Å². The fourth-order valence-electron chi connectivity index (χ4n) is 2.98. The highest BCUT2D eigenvalue weighted by Gasteiger charge is 2.28. The third-order valence-electron chi connectivity index (χ3n) is 4.05. The summed E-state index contributed by atoms with van der Waals surface area (Å²) in [5.41, 5.74) is 6.03. The van der Waals surface area contributed by atoms with Gasteiger partial charge >= 0.3 is 6.03 Å². The fraction of sp³-hybridized carbons (Fsp3) is 0.500. The Morgan fingerprint density at radius 3 is 2.78 bits per heavy atom. The molecule has 1 atom stereocenters. The van der Waals surface area contributed by atoms with Crippen LogP contribution in [0.5, 0.6) is 11.5 Å². The molecule has 0 saturated carbocycles. The molecule has 1 heterocycles. The maximum Gasteiger partial charge on any atom is 0.318 e. The summed E-state index contributed by atoms with van der Waals surface area (Å²) in [6.45, 7) is 1.47. The normalized spacial score (nSPS) is 17.7. The minimum absolute atomic E-state index is 0.192. The van der Waals surface area contributed by atoms with Crippen molar-refractivity contribution in [2.45, 2.75) is 25.3 Å². The number of nitrogens with one attached hydrogen (secondary N) is 1. The van der Waals surface area contributed by atoms with Crippen molar-refractivity contribution in [3.05, 3.63) is 23.8 Å². The summed E-state index contributed by atoms with van der Waals surface area (Å²) in [4.78, 5) is 24.5. The Labute approximate surface area is 135 Å². The van der Waals surface area contributed by atoms with Gasteiger partial charge in [-0.05, 0) is 25.5 Å². The molecule has 1 aliphatic rings. The fourth-order valence-corrected chi connectivity index (χ4v) is 2.98. The molecule has 23 heavy (non-hydrogen) atoms. The second-order valence-electron chi connectivity index (χ2n) is 5.46. The van der Waals surface area contributed by atoms with Gasteiger partial charge in [-0.2, -0.15) is 0 Å². The molecule has 0 radical (unpaired) electrons. The van der Waals surface area contributed by atoms with Crippen molar-refractivity contribution in [3.63, 3.8) is 0 Å². The number of nitrogens with zero attached hydrogens (tertiary/aromatic N) is 1. The smallest absolute Gasteiger partial charge is 0.318 e. The van der Waals surface area contributed by atoms with Gasteiger partial charge in [-0.3, -0.25) is 15.0 Å². The molecule has 126 valence electrons. The third-order valence-corrected chi connectivity index (χ3v) is 4.05. The van der Waals surface area contributed by atoms with Crippen molar-refractivity contribution in [1.29, 1.82) is 0 Å². The van der Waals surface area contributed by atoms with E-state index in [0.29, 0.717) is 6.54 Å². The zero-order valence-corrected chi connectivity index (χ0v) is 13.5. The van der Waals surface area contributed by atoms with Crippen LogP contribution < -0.4 is 20.5 Å². The van der Waals surface area contributed by atoms with Gasteiger partial charge in [0.15, 0.2) is 0 Å². The second-order valence-corrected chi connectivity index (χ2v) is 5.46. The minimum atomic E-state index is -0.815. The van der Waals surface area contributed by atoms with E-state index in [2.05, 4.69) is 10.2 Å². The number of rotatable bonds is 6. The molecule has 0 aromatic heterocycles. The zero-order valence-electron chi connectivity index (χ0n) is 13.5. The number of benzene rings is 1. The molecule has 1 fully saturated rings. The highest BCUT2D eigenvalue weighted by Crippen LogP contribution is 2.38. The molecule has 7 heteroatoms. The molecular weight excluding hydrogens is 298 g/mol. The number of amides is 3. The van der Waals surface area contributed by atoms with E-state index in [0.717, 1.165) is 36.4 Å². The highest BCUT2D eigenvalue weighted by molar-refractivity contribution is 5.93. The quantitative estimate of drug-likeness (QED) is 0.826. The van der Waals surface area contributed by atoms with E-state index in [4.69, 9.17) is 15.2 Å².